The quantitative estimate of drug-likeness (QED) is 0.683. The second kappa shape index (κ2) is 5.09. The number of anilines is 3. The van der Waals surface area contributed by atoms with Crippen LogP contribution in [0.4, 0.5) is 17.5 Å². The molecule has 0 amide bonds. The SMILES string of the molecule is [c]1ccc(Nc2nc(NC3CCC3)c3cc[nH]c3n2)cc1. The molecule has 2 heterocycles. The molecule has 0 bridgehead atoms. The molecule has 1 aliphatic rings. The highest BCUT2D eigenvalue weighted by Crippen LogP contribution is 2.27. The third-order valence-corrected chi connectivity index (χ3v) is 3.84. The topological polar surface area (TPSA) is 65.6 Å². The van der Waals surface area contributed by atoms with Crippen molar-refractivity contribution in [2.24, 2.45) is 0 Å². The number of fused-ring (bicyclic) bond motifs is 1. The highest BCUT2D eigenvalue weighted by atomic mass is 15.2. The van der Waals surface area contributed by atoms with Crippen molar-refractivity contribution in [2.45, 2.75) is 25.3 Å². The molecule has 0 atom stereocenters. The van der Waals surface area contributed by atoms with E-state index in [2.05, 4.69) is 31.7 Å². The molecule has 1 saturated carbocycles. The number of hydrogen-bond donors (Lipinski definition) is 3. The minimum Gasteiger partial charge on any atom is -0.367 e. The molecule has 5 nitrogen and oxygen atoms in total. The average Bonchev–Trinajstić information content (AvgIpc) is 2.92. The summed E-state index contributed by atoms with van der Waals surface area (Å²) in [7, 11) is 0. The van der Waals surface area contributed by atoms with Crippen LogP contribution in [0.2, 0.25) is 0 Å². The fraction of sp³-hybridized carbons (Fsp3) is 0.250. The first-order chi connectivity index (χ1) is 10.4. The van der Waals surface area contributed by atoms with Gasteiger partial charge in [-0.2, -0.15) is 9.97 Å². The third kappa shape index (κ3) is 2.42. The van der Waals surface area contributed by atoms with Crippen LogP contribution in [0.3, 0.4) is 0 Å². The summed E-state index contributed by atoms with van der Waals surface area (Å²) in [6, 6.07) is 13.2. The van der Waals surface area contributed by atoms with E-state index < -0.39 is 0 Å². The Balaban J connectivity index is 1.68. The molecular formula is C16H16N5. The number of benzene rings is 1. The zero-order valence-electron chi connectivity index (χ0n) is 11.6. The molecule has 2 aromatic heterocycles. The van der Waals surface area contributed by atoms with E-state index in [1.165, 1.54) is 19.3 Å². The third-order valence-electron chi connectivity index (χ3n) is 3.84. The van der Waals surface area contributed by atoms with E-state index in [-0.39, 0.29) is 0 Å². The van der Waals surface area contributed by atoms with E-state index in [1.54, 1.807) is 0 Å². The van der Waals surface area contributed by atoms with Crippen LogP contribution in [0.5, 0.6) is 0 Å². The number of H-pyrrole nitrogens is 1. The minimum atomic E-state index is 0.539. The van der Waals surface area contributed by atoms with Gasteiger partial charge in [0.1, 0.15) is 11.5 Å². The van der Waals surface area contributed by atoms with Gasteiger partial charge >= 0.3 is 0 Å². The first kappa shape index (κ1) is 12.2. The van der Waals surface area contributed by atoms with Gasteiger partial charge in [-0.3, -0.25) is 0 Å². The number of rotatable bonds is 4. The summed E-state index contributed by atoms with van der Waals surface area (Å²) in [4.78, 5) is 12.3. The molecule has 5 heteroatoms. The van der Waals surface area contributed by atoms with Crippen LogP contribution in [0, 0.1) is 6.07 Å². The largest absolute Gasteiger partial charge is 0.367 e. The molecule has 21 heavy (non-hydrogen) atoms. The van der Waals surface area contributed by atoms with Gasteiger partial charge in [-0.25, -0.2) is 0 Å². The van der Waals surface area contributed by atoms with Gasteiger partial charge in [0.05, 0.1) is 5.39 Å². The van der Waals surface area contributed by atoms with Crippen molar-refractivity contribution in [3.05, 3.63) is 42.6 Å². The van der Waals surface area contributed by atoms with Crippen LogP contribution in [-0.4, -0.2) is 21.0 Å². The second-order valence-electron chi connectivity index (χ2n) is 5.32. The van der Waals surface area contributed by atoms with Crippen LogP contribution in [0.15, 0.2) is 36.5 Å². The van der Waals surface area contributed by atoms with Gasteiger partial charge in [0.15, 0.2) is 0 Å². The smallest absolute Gasteiger partial charge is 0.231 e. The fourth-order valence-corrected chi connectivity index (χ4v) is 2.45. The molecule has 0 unspecified atom stereocenters. The molecule has 0 saturated heterocycles. The Hall–Kier alpha value is -2.56. The number of nitrogens with one attached hydrogen (secondary N) is 3. The summed E-state index contributed by atoms with van der Waals surface area (Å²) in [6.07, 6.45) is 5.62. The molecule has 1 radical (unpaired) electrons. The lowest BCUT2D eigenvalue weighted by molar-refractivity contribution is 0.445. The van der Waals surface area contributed by atoms with Crippen molar-refractivity contribution in [1.82, 2.24) is 15.0 Å². The Bertz CT molecular complexity index is 746. The minimum absolute atomic E-state index is 0.539. The Kier molecular flexibility index (Phi) is 2.96. The van der Waals surface area contributed by atoms with Crippen LogP contribution in [0.1, 0.15) is 19.3 Å². The van der Waals surface area contributed by atoms with E-state index in [4.69, 9.17) is 0 Å². The molecule has 0 aliphatic heterocycles. The molecule has 4 rings (SSSR count). The van der Waals surface area contributed by atoms with E-state index in [9.17, 15) is 0 Å². The van der Waals surface area contributed by atoms with Gasteiger partial charge in [-0.05, 0) is 43.5 Å². The standard InChI is InChI=1S/C16H16N5/c1-2-5-12(6-3-1)19-16-20-14-13(9-10-17-14)15(21-16)18-11-7-4-8-11/h2-3,5-6,9-11H,4,7-8H2,(H3,17,18,19,20,21). The van der Waals surface area contributed by atoms with Crippen LogP contribution < -0.4 is 10.6 Å². The van der Waals surface area contributed by atoms with Gasteiger partial charge < -0.3 is 15.6 Å². The summed E-state index contributed by atoms with van der Waals surface area (Å²) in [6.45, 7) is 0. The maximum Gasteiger partial charge on any atom is 0.231 e. The number of aromatic amines is 1. The maximum atomic E-state index is 4.63. The lowest BCUT2D eigenvalue weighted by Crippen LogP contribution is -2.27. The van der Waals surface area contributed by atoms with Gasteiger partial charge in [0.25, 0.3) is 0 Å². The highest BCUT2D eigenvalue weighted by Gasteiger charge is 2.19. The lowest BCUT2D eigenvalue weighted by Gasteiger charge is -2.27. The van der Waals surface area contributed by atoms with E-state index in [1.807, 2.05) is 36.5 Å². The van der Waals surface area contributed by atoms with E-state index >= 15 is 0 Å². The van der Waals surface area contributed by atoms with Crippen molar-refractivity contribution in [3.63, 3.8) is 0 Å². The molecule has 1 aromatic carbocycles. The highest BCUT2D eigenvalue weighted by molar-refractivity contribution is 5.88. The Morgan fingerprint density at radius 3 is 2.76 bits per heavy atom. The summed E-state index contributed by atoms with van der Waals surface area (Å²) in [5, 5.41) is 7.79. The normalized spacial score (nSPS) is 14.9. The molecule has 0 spiro atoms. The Labute approximate surface area is 122 Å². The molecule has 1 fully saturated rings. The second-order valence-corrected chi connectivity index (χ2v) is 5.32. The maximum absolute atomic E-state index is 4.63. The van der Waals surface area contributed by atoms with Crippen LogP contribution in [-0.2, 0) is 0 Å². The average molecular weight is 278 g/mol. The molecular weight excluding hydrogens is 262 g/mol. The summed E-state index contributed by atoms with van der Waals surface area (Å²) >= 11 is 0. The lowest BCUT2D eigenvalue weighted by atomic mass is 9.93. The first-order valence-electron chi connectivity index (χ1n) is 7.23. The van der Waals surface area contributed by atoms with Crippen LogP contribution in [0.25, 0.3) is 11.0 Å². The Morgan fingerprint density at radius 1 is 1.14 bits per heavy atom. The van der Waals surface area contributed by atoms with Crippen molar-refractivity contribution in [1.29, 1.82) is 0 Å². The predicted octanol–water partition coefficient (Wildman–Crippen LogP) is 3.47. The Morgan fingerprint density at radius 2 is 2.00 bits per heavy atom. The molecule has 1 aliphatic carbocycles. The van der Waals surface area contributed by atoms with Crippen molar-refractivity contribution in [3.8, 4) is 0 Å². The summed E-state index contributed by atoms with van der Waals surface area (Å²) in [5.74, 6) is 1.49. The summed E-state index contributed by atoms with van der Waals surface area (Å²) in [5.41, 5.74) is 1.80. The van der Waals surface area contributed by atoms with Gasteiger partial charge in [-0.15, -0.1) is 0 Å². The number of nitrogens with zero attached hydrogens (tertiary/aromatic N) is 2. The zero-order chi connectivity index (χ0) is 14.1. The number of aromatic nitrogens is 3. The monoisotopic (exact) mass is 278 g/mol. The molecule has 105 valence electrons. The van der Waals surface area contributed by atoms with Crippen molar-refractivity contribution >= 4 is 28.5 Å². The van der Waals surface area contributed by atoms with E-state index in [0.29, 0.717) is 12.0 Å². The van der Waals surface area contributed by atoms with Crippen molar-refractivity contribution < 1.29 is 0 Å². The van der Waals surface area contributed by atoms with Crippen LogP contribution >= 0.6 is 0 Å². The van der Waals surface area contributed by atoms with Gasteiger partial charge in [0.2, 0.25) is 5.95 Å². The first-order valence-corrected chi connectivity index (χ1v) is 7.23. The molecule has 3 N–H and O–H groups in total. The zero-order valence-corrected chi connectivity index (χ0v) is 11.6. The summed E-state index contributed by atoms with van der Waals surface area (Å²) < 4.78 is 0. The van der Waals surface area contributed by atoms with Gasteiger partial charge in [-0.1, -0.05) is 12.1 Å². The van der Waals surface area contributed by atoms with Crippen molar-refractivity contribution in [2.75, 3.05) is 10.6 Å². The fourth-order valence-electron chi connectivity index (χ4n) is 2.45. The van der Waals surface area contributed by atoms with E-state index in [0.717, 1.165) is 22.5 Å². The number of hydrogen-bond acceptors (Lipinski definition) is 4. The predicted molar refractivity (Wildman–Crippen MR) is 83.7 cm³/mol. The molecule has 3 aromatic rings. The van der Waals surface area contributed by atoms with Gasteiger partial charge in [0, 0.05) is 17.9 Å².